The van der Waals surface area contributed by atoms with Gasteiger partial charge in [0.1, 0.15) is 5.03 Å². The molecule has 4 nitrogen and oxygen atoms in total. The molecule has 0 spiro atoms. The monoisotopic (exact) mass is 291 g/mol. The summed E-state index contributed by atoms with van der Waals surface area (Å²) in [5.41, 5.74) is 1.67. The van der Waals surface area contributed by atoms with Crippen LogP contribution in [0.15, 0.2) is 41.4 Å². The van der Waals surface area contributed by atoms with Gasteiger partial charge < -0.3 is 4.98 Å². The number of hydrogen-bond donors (Lipinski definition) is 1. The summed E-state index contributed by atoms with van der Waals surface area (Å²) in [7, 11) is -3.35. The van der Waals surface area contributed by atoms with Crippen LogP contribution in [0.25, 0.3) is 0 Å². The van der Waals surface area contributed by atoms with Crippen LogP contribution >= 0.6 is 0 Å². The van der Waals surface area contributed by atoms with E-state index in [2.05, 4.69) is 4.98 Å². The molecule has 5 heteroatoms. The molecule has 0 bridgehead atoms. The Hall–Kier alpha value is -1.88. The summed E-state index contributed by atoms with van der Waals surface area (Å²) in [6.07, 6.45) is 2.64. The van der Waals surface area contributed by atoms with Crippen LogP contribution in [-0.4, -0.2) is 25.4 Å². The van der Waals surface area contributed by atoms with Crippen LogP contribution in [0.2, 0.25) is 0 Å². The Labute approximate surface area is 118 Å². The Balaban J connectivity index is 2.50. The van der Waals surface area contributed by atoms with E-state index in [0.29, 0.717) is 17.7 Å². The van der Waals surface area contributed by atoms with Crippen molar-refractivity contribution in [1.29, 1.82) is 0 Å². The molecular formula is C15H17NO3S. The molecule has 1 heterocycles. The molecule has 0 radical (unpaired) electrons. The van der Waals surface area contributed by atoms with E-state index in [4.69, 9.17) is 0 Å². The van der Waals surface area contributed by atoms with Gasteiger partial charge in [0.05, 0.1) is 5.69 Å². The lowest BCUT2D eigenvalue weighted by atomic mass is 10.0. The van der Waals surface area contributed by atoms with E-state index in [1.54, 1.807) is 30.3 Å². The second kappa shape index (κ2) is 5.63. The molecule has 0 fully saturated rings. The SMILES string of the molecule is CCCc1cc(S(C)(=O)=O)[nH]c1C(=O)c1ccccc1. The second-order valence-corrected chi connectivity index (χ2v) is 6.74. The standard InChI is InChI=1S/C15H17NO3S/c1-3-7-12-10-13(20(2,18)19)16-14(12)15(17)11-8-5-4-6-9-11/h4-6,8-10,16H,3,7H2,1-2H3. The number of carbonyl (C=O) groups excluding carboxylic acids is 1. The van der Waals surface area contributed by atoms with E-state index in [-0.39, 0.29) is 10.8 Å². The van der Waals surface area contributed by atoms with Crippen LogP contribution in [0, 0.1) is 0 Å². The highest BCUT2D eigenvalue weighted by atomic mass is 32.2. The van der Waals surface area contributed by atoms with Gasteiger partial charge in [-0.1, -0.05) is 43.7 Å². The molecule has 0 aliphatic carbocycles. The van der Waals surface area contributed by atoms with Gasteiger partial charge in [0, 0.05) is 11.8 Å². The highest BCUT2D eigenvalue weighted by Gasteiger charge is 2.20. The number of carbonyl (C=O) groups is 1. The highest BCUT2D eigenvalue weighted by molar-refractivity contribution is 7.90. The molecule has 2 rings (SSSR count). The van der Waals surface area contributed by atoms with Crippen molar-refractivity contribution in [3.63, 3.8) is 0 Å². The van der Waals surface area contributed by atoms with Crippen LogP contribution in [0.1, 0.15) is 35.0 Å². The van der Waals surface area contributed by atoms with Crippen molar-refractivity contribution in [3.05, 3.63) is 53.2 Å². The smallest absolute Gasteiger partial charge is 0.209 e. The van der Waals surface area contributed by atoms with Crippen molar-refractivity contribution in [2.24, 2.45) is 0 Å². The quantitative estimate of drug-likeness (QED) is 0.861. The third-order valence-corrected chi connectivity index (χ3v) is 4.08. The maximum absolute atomic E-state index is 12.5. The summed E-state index contributed by atoms with van der Waals surface area (Å²) in [4.78, 5) is 15.2. The van der Waals surface area contributed by atoms with Crippen LogP contribution in [0.3, 0.4) is 0 Å². The van der Waals surface area contributed by atoms with Crippen LogP contribution in [0.4, 0.5) is 0 Å². The van der Waals surface area contributed by atoms with Crippen molar-refractivity contribution in [2.45, 2.75) is 24.8 Å². The number of rotatable bonds is 5. The zero-order valence-electron chi connectivity index (χ0n) is 11.5. The lowest BCUT2D eigenvalue weighted by Crippen LogP contribution is -2.05. The summed E-state index contributed by atoms with van der Waals surface area (Å²) in [5, 5.41) is 0.0974. The van der Waals surface area contributed by atoms with E-state index in [1.807, 2.05) is 13.0 Å². The van der Waals surface area contributed by atoms with Gasteiger partial charge in [-0.2, -0.15) is 0 Å². The first-order valence-electron chi connectivity index (χ1n) is 6.45. The number of sulfone groups is 1. The predicted octanol–water partition coefficient (Wildman–Crippen LogP) is 2.60. The Bertz CT molecular complexity index is 715. The molecule has 0 saturated heterocycles. The molecule has 0 aliphatic heterocycles. The molecule has 0 unspecified atom stereocenters. The number of benzene rings is 1. The van der Waals surface area contributed by atoms with Crippen molar-refractivity contribution in [2.75, 3.05) is 6.26 Å². The van der Waals surface area contributed by atoms with Crippen LogP contribution in [0.5, 0.6) is 0 Å². The van der Waals surface area contributed by atoms with Gasteiger partial charge in [0.2, 0.25) is 5.78 Å². The number of hydrogen-bond acceptors (Lipinski definition) is 3. The molecule has 20 heavy (non-hydrogen) atoms. The topological polar surface area (TPSA) is 67.0 Å². The fourth-order valence-corrected chi connectivity index (χ4v) is 2.72. The molecule has 1 N–H and O–H groups in total. The summed E-state index contributed by atoms with van der Waals surface area (Å²) < 4.78 is 23.2. The average Bonchev–Trinajstić information content (AvgIpc) is 2.83. The maximum Gasteiger partial charge on any atom is 0.209 e. The molecule has 1 aromatic heterocycles. The van der Waals surface area contributed by atoms with Crippen molar-refractivity contribution in [3.8, 4) is 0 Å². The third-order valence-electron chi connectivity index (χ3n) is 3.06. The molecule has 0 amide bonds. The molecule has 1 aromatic carbocycles. The summed E-state index contributed by atoms with van der Waals surface area (Å²) >= 11 is 0. The lowest BCUT2D eigenvalue weighted by Gasteiger charge is -2.02. The fraction of sp³-hybridized carbons (Fsp3) is 0.267. The first-order valence-corrected chi connectivity index (χ1v) is 8.34. The van der Waals surface area contributed by atoms with Crippen LogP contribution in [-0.2, 0) is 16.3 Å². The minimum Gasteiger partial charge on any atom is -0.343 e. The maximum atomic E-state index is 12.5. The van der Waals surface area contributed by atoms with E-state index in [0.717, 1.165) is 18.2 Å². The minimum absolute atomic E-state index is 0.0974. The Kier molecular flexibility index (Phi) is 4.09. The number of aromatic nitrogens is 1. The van der Waals surface area contributed by atoms with Crippen molar-refractivity contribution < 1.29 is 13.2 Å². The van der Waals surface area contributed by atoms with E-state index in [1.165, 1.54) is 0 Å². The van der Waals surface area contributed by atoms with Gasteiger partial charge in [-0.05, 0) is 18.1 Å². The summed E-state index contributed by atoms with van der Waals surface area (Å²) in [6, 6.07) is 10.4. The Morgan fingerprint density at radius 2 is 1.85 bits per heavy atom. The van der Waals surface area contributed by atoms with Crippen molar-refractivity contribution >= 4 is 15.6 Å². The number of aryl methyl sites for hydroxylation is 1. The van der Waals surface area contributed by atoms with Gasteiger partial charge >= 0.3 is 0 Å². The van der Waals surface area contributed by atoms with Crippen LogP contribution < -0.4 is 0 Å². The molecule has 0 atom stereocenters. The van der Waals surface area contributed by atoms with Gasteiger partial charge in [-0.3, -0.25) is 4.79 Å². The Morgan fingerprint density at radius 1 is 1.20 bits per heavy atom. The molecule has 2 aromatic rings. The Morgan fingerprint density at radius 3 is 2.40 bits per heavy atom. The second-order valence-electron chi connectivity index (χ2n) is 4.75. The summed E-state index contributed by atoms with van der Waals surface area (Å²) in [5.74, 6) is -0.177. The van der Waals surface area contributed by atoms with Gasteiger partial charge in [0.15, 0.2) is 9.84 Å². The van der Waals surface area contributed by atoms with Gasteiger partial charge in [0.25, 0.3) is 0 Å². The predicted molar refractivity (Wildman–Crippen MR) is 77.8 cm³/mol. The molecule has 0 saturated carbocycles. The summed E-state index contributed by atoms with van der Waals surface area (Å²) in [6.45, 7) is 1.99. The number of nitrogens with one attached hydrogen (secondary N) is 1. The zero-order valence-corrected chi connectivity index (χ0v) is 12.3. The zero-order chi connectivity index (χ0) is 14.8. The number of H-pyrrole nitrogens is 1. The van der Waals surface area contributed by atoms with Gasteiger partial charge in [-0.15, -0.1) is 0 Å². The first-order chi connectivity index (χ1) is 9.43. The van der Waals surface area contributed by atoms with E-state index >= 15 is 0 Å². The van der Waals surface area contributed by atoms with Crippen molar-refractivity contribution in [1.82, 2.24) is 4.98 Å². The minimum atomic E-state index is -3.35. The normalized spacial score (nSPS) is 11.5. The molecular weight excluding hydrogens is 274 g/mol. The molecule has 106 valence electrons. The van der Waals surface area contributed by atoms with E-state index in [9.17, 15) is 13.2 Å². The largest absolute Gasteiger partial charge is 0.343 e. The average molecular weight is 291 g/mol. The number of aromatic amines is 1. The highest BCUT2D eigenvalue weighted by Crippen LogP contribution is 2.20. The lowest BCUT2D eigenvalue weighted by molar-refractivity contribution is 0.103. The molecule has 0 aliphatic rings. The first kappa shape index (κ1) is 14.5. The fourth-order valence-electron chi connectivity index (χ4n) is 2.07. The third kappa shape index (κ3) is 2.99. The van der Waals surface area contributed by atoms with Gasteiger partial charge in [-0.25, -0.2) is 8.42 Å². The number of ketones is 1. The van der Waals surface area contributed by atoms with E-state index < -0.39 is 9.84 Å².